The van der Waals surface area contributed by atoms with E-state index in [1.807, 2.05) is 23.5 Å². The molecule has 2 nitrogen and oxygen atoms in total. The second kappa shape index (κ2) is 9.59. The summed E-state index contributed by atoms with van der Waals surface area (Å²) in [6.45, 7) is 0. The predicted molar refractivity (Wildman–Crippen MR) is 184 cm³/mol. The third-order valence-electron chi connectivity index (χ3n) is 8.47. The van der Waals surface area contributed by atoms with Crippen LogP contribution >= 0.6 is 11.3 Å². The number of rotatable bonds is 4. The highest BCUT2D eigenvalue weighted by Gasteiger charge is 2.20. The molecule has 43 heavy (non-hydrogen) atoms. The van der Waals surface area contributed by atoms with Crippen LogP contribution in [0.25, 0.3) is 64.0 Å². The Morgan fingerprint density at radius 2 is 1.14 bits per heavy atom. The van der Waals surface area contributed by atoms with Gasteiger partial charge in [0.25, 0.3) is 0 Å². The highest BCUT2D eigenvalue weighted by molar-refractivity contribution is 7.25. The minimum absolute atomic E-state index is 0.887. The molecular formula is C40H25NOS. The van der Waals surface area contributed by atoms with Gasteiger partial charge in [-0.05, 0) is 76.5 Å². The zero-order chi connectivity index (χ0) is 28.3. The van der Waals surface area contributed by atoms with E-state index >= 15 is 0 Å². The average Bonchev–Trinajstić information content (AvgIpc) is 3.64. The van der Waals surface area contributed by atoms with Crippen LogP contribution in [-0.2, 0) is 0 Å². The van der Waals surface area contributed by atoms with Crippen LogP contribution in [0.15, 0.2) is 156 Å². The van der Waals surface area contributed by atoms with Gasteiger partial charge in [-0.25, -0.2) is 0 Å². The average molecular weight is 568 g/mol. The Bertz CT molecular complexity index is 2460. The fourth-order valence-corrected chi connectivity index (χ4v) is 7.58. The largest absolute Gasteiger partial charge is 0.456 e. The van der Waals surface area contributed by atoms with Crippen LogP contribution in [0, 0.1) is 0 Å². The van der Waals surface area contributed by atoms with Crippen molar-refractivity contribution in [3.63, 3.8) is 0 Å². The molecule has 0 radical (unpaired) electrons. The molecular weight excluding hydrogens is 543 g/mol. The molecule has 0 aliphatic carbocycles. The van der Waals surface area contributed by atoms with Crippen molar-refractivity contribution in [3.8, 4) is 11.1 Å². The third-order valence-corrected chi connectivity index (χ3v) is 9.62. The smallest absolute Gasteiger partial charge is 0.137 e. The maximum absolute atomic E-state index is 6.32. The van der Waals surface area contributed by atoms with Crippen LogP contribution in [0.4, 0.5) is 17.1 Å². The summed E-state index contributed by atoms with van der Waals surface area (Å²) in [4.78, 5) is 2.38. The molecule has 2 heterocycles. The quantitative estimate of drug-likeness (QED) is 0.210. The van der Waals surface area contributed by atoms with Crippen molar-refractivity contribution in [1.29, 1.82) is 0 Å². The van der Waals surface area contributed by atoms with E-state index in [4.69, 9.17) is 4.42 Å². The standard InChI is InChI=1S/C40H25NOS/c1-2-11-30-26(9-1)10-7-14-31(30)27-19-21-28(22-20-27)41(29-23-24-39-34(25-29)32-12-4-6-18-38(32)43-39)35-15-8-17-37-40(35)33-13-3-5-16-36(33)42-37/h1-25H. The van der Waals surface area contributed by atoms with Crippen LogP contribution in [-0.4, -0.2) is 0 Å². The maximum atomic E-state index is 6.32. The van der Waals surface area contributed by atoms with Crippen LogP contribution < -0.4 is 4.90 Å². The first-order chi connectivity index (χ1) is 21.3. The van der Waals surface area contributed by atoms with Gasteiger partial charge in [0.15, 0.2) is 0 Å². The highest BCUT2D eigenvalue weighted by Crippen LogP contribution is 2.45. The van der Waals surface area contributed by atoms with Gasteiger partial charge in [-0.2, -0.15) is 0 Å². The number of thiophene rings is 1. The van der Waals surface area contributed by atoms with E-state index in [1.54, 1.807) is 0 Å². The van der Waals surface area contributed by atoms with Crippen molar-refractivity contribution < 1.29 is 4.42 Å². The number of nitrogens with zero attached hydrogens (tertiary/aromatic N) is 1. The van der Waals surface area contributed by atoms with Gasteiger partial charge in [0.2, 0.25) is 0 Å². The summed E-state index contributed by atoms with van der Waals surface area (Å²) in [5.74, 6) is 0. The summed E-state index contributed by atoms with van der Waals surface area (Å²) in [5.41, 5.74) is 7.54. The second-order valence-electron chi connectivity index (χ2n) is 10.9. The van der Waals surface area contributed by atoms with E-state index in [0.717, 1.165) is 39.0 Å². The summed E-state index contributed by atoms with van der Waals surface area (Å²) in [6, 6.07) is 54.3. The first-order valence-electron chi connectivity index (χ1n) is 14.5. The van der Waals surface area contributed by atoms with Gasteiger partial charge in [-0.1, -0.05) is 97.1 Å². The number of fused-ring (bicyclic) bond motifs is 7. The fraction of sp³-hybridized carbons (Fsp3) is 0. The van der Waals surface area contributed by atoms with Crippen LogP contribution in [0.3, 0.4) is 0 Å². The number of para-hydroxylation sites is 1. The molecule has 9 aromatic rings. The summed E-state index contributed by atoms with van der Waals surface area (Å²) in [6.07, 6.45) is 0. The molecule has 0 bridgehead atoms. The molecule has 0 amide bonds. The van der Waals surface area contributed by atoms with Crippen LogP contribution in [0.1, 0.15) is 0 Å². The lowest BCUT2D eigenvalue weighted by atomic mass is 9.98. The Morgan fingerprint density at radius 3 is 2.05 bits per heavy atom. The van der Waals surface area contributed by atoms with Crippen molar-refractivity contribution in [2.75, 3.05) is 4.90 Å². The summed E-state index contributed by atoms with van der Waals surface area (Å²) < 4.78 is 8.93. The molecule has 9 rings (SSSR count). The van der Waals surface area contributed by atoms with Crippen LogP contribution in [0.2, 0.25) is 0 Å². The molecule has 7 aromatic carbocycles. The van der Waals surface area contributed by atoms with E-state index in [-0.39, 0.29) is 0 Å². The van der Waals surface area contributed by atoms with Gasteiger partial charge in [0.1, 0.15) is 11.2 Å². The van der Waals surface area contributed by atoms with Gasteiger partial charge >= 0.3 is 0 Å². The number of anilines is 3. The van der Waals surface area contributed by atoms with Crippen molar-refractivity contribution in [2.24, 2.45) is 0 Å². The molecule has 3 heteroatoms. The minimum atomic E-state index is 0.887. The number of furan rings is 1. The molecule has 0 atom stereocenters. The van der Waals surface area contributed by atoms with Crippen LogP contribution in [0.5, 0.6) is 0 Å². The Balaban J connectivity index is 1.28. The fourth-order valence-electron chi connectivity index (χ4n) is 6.49. The van der Waals surface area contributed by atoms with E-state index in [1.165, 1.54) is 42.1 Å². The van der Waals surface area contributed by atoms with Crippen molar-refractivity contribution in [2.45, 2.75) is 0 Å². The Labute approximate surface area is 252 Å². The Morgan fingerprint density at radius 1 is 0.465 bits per heavy atom. The number of hydrogen-bond acceptors (Lipinski definition) is 3. The van der Waals surface area contributed by atoms with Gasteiger partial charge in [-0.15, -0.1) is 11.3 Å². The van der Waals surface area contributed by atoms with E-state index in [0.29, 0.717) is 0 Å². The second-order valence-corrected chi connectivity index (χ2v) is 12.0. The van der Waals surface area contributed by atoms with E-state index in [9.17, 15) is 0 Å². The lowest BCUT2D eigenvalue weighted by Crippen LogP contribution is -2.10. The Hall–Kier alpha value is -5.38. The lowest BCUT2D eigenvalue weighted by Gasteiger charge is -2.26. The molecule has 0 saturated heterocycles. The Kier molecular flexibility index (Phi) is 5.40. The minimum Gasteiger partial charge on any atom is -0.456 e. The zero-order valence-corrected chi connectivity index (χ0v) is 24.0. The molecule has 202 valence electrons. The predicted octanol–water partition coefficient (Wildman–Crippen LogP) is 12.2. The van der Waals surface area contributed by atoms with Crippen molar-refractivity contribution in [3.05, 3.63) is 152 Å². The topological polar surface area (TPSA) is 16.4 Å². The molecule has 2 aromatic heterocycles. The first kappa shape index (κ1) is 24.2. The SMILES string of the molecule is c1ccc2c(-c3ccc(N(c4ccc5sc6ccccc6c5c4)c4cccc5oc6ccccc6c45)cc3)cccc2c1. The monoisotopic (exact) mass is 567 g/mol. The van der Waals surface area contributed by atoms with Crippen molar-refractivity contribution in [1.82, 2.24) is 0 Å². The molecule has 0 aliphatic heterocycles. The summed E-state index contributed by atoms with van der Waals surface area (Å²) in [7, 11) is 0. The van der Waals surface area contributed by atoms with E-state index < -0.39 is 0 Å². The first-order valence-corrected chi connectivity index (χ1v) is 15.3. The van der Waals surface area contributed by atoms with Gasteiger partial charge in [0, 0.05) is 36.9 Å². The molecule has 0 N–H and O–H groups in total. The molecule has 0 unspecified atom stereocenters. The third kappa shape index (κ3) is 3.86. The summed E-state index contributed by atoms with van der Waals surface area (Å²) >= 11 is 1.85. The lowest BCUT2D eigenvalue weighted by molar-refractivity contribution is 0.669. The van der Waals surface area contributed by atoms with Gasteiger partial charge in [-0.3, -0.25) is 0 Å². The maximum Gasteiger partial charge on any atom is 0.137 e. The molecule has 0 saturated carbocycles. The normalized spacial score (nSPS) is 11.7. The highest BCUT2D eigenvalue weighted by atomic mass is 32.1. The van der Waals surface area contributed by atoms with Gasteiger partial charge < -0.3 is 9.32 Å². The number of benzene rings is 7. The summed E-state index contributed by atoms with van der Waals surface area (Å²) in [5, 5.41) is 7.32. The molecule has 0 aliphatic rings. The van der Waals surface area contributed by atoms with Gasteiger partial charge in [0.05, 0.1) is 11.1 Å². The molecule has 0 fully saturated rings. The zero-order valence-electron chi connectivity index (χ0n) is 23.2. The van der Waals surface area contributed by atoms with E-state index in [2.05, 4.69) is 144 Å². The van der Waals surface area contributed by atoms with Crippen molar-refractivity contribution >= 4 is 81.3 Å². The molecule has 0 spiro atoms. The number of hydrogen-bond donors (Lipinski definition) is 0.